The maximum Gasteiger partial charge on any atom is 0.274 e. The summed E-state index contributed by atoms with van der Waals surface area (Å²) >= 11 is 6.07. The molecule has 0 spiro atoms. The molecule has 2 N–H and O–H groups in total. The third-order valence-electron chi connectivity index (χ3n) is 3.77. The molecule has 3 rings (SSSR count). The average molecular weight is 371 g/mol. The van der Waals surface area contributed by atoms with Gasteiger partial charge in [-0.2, -0.15) is 0 Å². The first-order chi connectivity index (χ1) is 12.5. The minimum Gasteiger partial charge on any atom is -0.350 e. The first kappa shape index (κ1) is 17.8. The van der Waals surface area contributed by atoms with Gasteiger partial charge in [0.15, 0.2) is 0 Å². The Labute approximate surface area is 155 Å². The topological polar surface area (TPSA) is 66.9 Å². The molecular weight excluding hydrogens is 355 g/mol. The van der Waals surface area contributed by atoms with Crippen LogP contribution < -0.4 is 10.6 Å². The van der Waals surface area contributed by atoms with Gasteiger partial charge in [0.2, 0.25) is 5.95 Å². The number of nitrogens with one attached hydrogen (secondary N) is 2. The molecule has 0 fully saturated rings. The first-order valence-electron chi connectivity index (χ1n) is 7.91. The zero-order chi connectivity index (χ0) is 18.5. The van der Waals surface area contributed by atoms with E-state index in [2.05, 4.69) is 20.6 Å². The van der Waals surface area contributed by atoms with Crippen molar-refractivity contribution in [1.29, 1.82) is 0 Å². The van der Waals surface area contributed by atoms with Crippen LogP contribution in [0.3, 0.4) is 0 Å². The maximum absolute atomic E-state index is 12.9. The van der Waals surface area contributed by atoms with Gasteiger partial charge < -0.3 is 10.6 Å². The van der Waals surface area contributed by atoms with E-state index in [-0.39, 0.29) is 17.4 Å². The van der Waals surface area contributed by atoms with E-state index < -0.39 is 0 Å². The number of nitrogens with zero attached hydrogens (tertiary/aromatic N) is 2. The van der Waals surface area contributed by atoms with Crippen LogP contribution in [0.15, 0.2) is 54.7 Å². The van der Waals surface area contributed by atoms with Gasteiger partial charge >= 0.3 is 0 Å². The number of amides is 1. The smallest absolute Gasteiger partial charge is 0.274 e. The lowest BCUT2D eigenvalue weighted by molar-refractivity contribution is 0.102. The standard InChI is InChI=1S/C19H16ClFN4O/c1-12-15(20)3-2-4-16(12)24-18(26)17-9-10-22-19(25-17)23-11-13-5-7-14(21)8-6-13/h2-10H,11H2,1H3,(H,24,26)(H,22,23,25). The largest absolute Gasteiger partial charge is 0.350 e. The Morgan fingerprint density at radius 2 is 1.92 bits per heavy atom. The summed E-state index contributed by atoms with van der Waals surface area (Å²) in [5.74, 6) is -0.340. The van der Waals surface area contributed by atoms with E-state index in [1.165, 1.54) is 24.4 Å². The predicted octanol–water partition coefficient (Wildman–Crippen LogP) is 4.44. The molecule has 0 aliphatic carbocycles. The van der Waals surface area contributed by atoms with Crippen LogP contribution in [-0.2, 0) is 6.54 Å². The summed E-state index contributed by atoms with van der Waals surface area (Å²) in [7, 11) is 0. The summed E-state index contributed by atoms with van der Waals surface area (Å²) in [6.07, 6.45) is 1.50. The van der Waals surface area contributed by atoms with Gasteiger partial charge in [-0.05, 0) is 48.4 Å². The lowest BCUT2D eigenvalue weighted by Crippen LogP contribution is -2.16. The van der Waals surface area contributed by atoms with Crippen LogP contribution in [0.1, 0.15) is 21.6 Å². The van der Waals surface area contributed by atoms with Crippen molar-refractivity contribution in [3.05, 3.63) is 82.4 Å². The predicted molar refractivity (Wildman–Crippen MR) is 99.9 cm³/mol. The van der Waals surface area contributed by atoms with Gasteiger partial charge in [0, 0.05) is 23.5 Å². The molecule has 1 heterocycles. The molecule has 0 aliphatic heterocycles. The molecule has 0 radical (unpaired) electrons. The number of benzene rings is 2. The highest BCUT2D eigenvalue weighted by Gasteiger charge is 2.11. The minimum absolute atomic E-state index is 0.223. The number of carbonyl (C=O) groups excluding carboxylic acids is 1. The van der Waals surface area contributed by atoms with Gasteiger partial charge in [0.1, 0.15) is 11.5 Å². The summed E-state index contributed by atoms with van der Waals surface area (Å²) in [5.41, 5.74) is 2.51. The van der Waals surface area contributed by atoms with Crippen molar-refractivity contribution in [3.63, 3.8) is 0 Å². The Kier molecular flexibility index (Phi) is 5.43. The summed E-state index contributed by atoms with van der Waals surface area (Å²) in [4.78, 5) is 20.7. The molecule has 1 aromatic heterocycles. The monoisotopic (exact) mass is 370 g/mol. The summed E-state index contributed by atoms with van der Waals surface area (Å²) in [6, 6.07) is 12.9. The van der Waals surface area contributed by atoms with Crippen molar-refractivity contribution >= 4 is 29.1 Å². The van der Waals surface area contributed by atoms with Crippen molar-refractivity contribution in [2.75, 3.05) is 10.6 Å². The molecule has 1 amide bonds. The minimum atomic E-state index is -0.359. The second-order valence-electron chi connectivity index (χ2n) is 5.61. The van der Waals surface area contributed by atoms with Crippen LogP contribution in [0.2, 0.25) is 5.02 Å². The summed E-state index contributed by atoms with van der Waals surface area (Å²) < 4.78 is 12.9. The third kappa shape index (κ3) is 4.34. The Hall–Kier alpha value is -2.99. The molecular formula is C19H16ClFN4O. The number of anilines is 2. The number of halogens is 2. The third-order valence-corrected chi connectivity index (χ3v) is 4.18. The first-order valence-corrected chi connectivity index (χ1v) is 8.28. The van der Waals surface area contributed by atoms with Gasteiger partial charge in [-0.3, -0.25) is 4.79 Å². The van der Waals surface area contributed by atoms with E-state index in [9.17, 15) is 9.18 Å². The van der Waals surface area contributed by atoms with Gasteiger partial charge in [-0.1, -0.05) is 29.8 Å². The van der Waals surface area contributed by atoms with Crippen molar-refractivity contribution in [2.24, 2.45) is 0 Å². The second-order valence-corrected chi connectivity index (χ2v) is 6.02. The molecule has 3 aromatic rings. The van der Waals surface area contributed by atoms with Crippen LogP contribution in [0, 0.1) is 12.7 Å². The van der Waals surface area contributed by atoms with Crippen LogP contribution in [-0.4, -0.2) is 15.9 Å². The molecule has 26 heavy (non-hydrogen) atoms. The average Bonchev–Trinajstić information content (AvgIpc) is 2.65. The van der Waals surface area contributed by atoms with E-state index in [0.717, 1.165) is 11.1 Å². The van der Waals surface area contributed by atoms with Crippen molar-refractivity contribution in [2.45, 2.75) is 13.5 Å². The number of carbonyl (C=O) groups is 1. The fourth-order valence-electron chi connectivity index (χ4n) is 2.28. The zero-order valence-electron chi connectivity index (χ0n) is 14.0. The SMILES string of the molecule is Cc1c(Cl)cccc1NC(=O)c1ccnc(NCc2ccc(F)cc2)n1. The number of aromatic nitrogens is 2. The van der Waals surface area contributed by atoms with Crippen molar-refractivity contribution in [1.82, 2.24) is 9.97 Å². The van der Waals surface area contributed by atoms with E-state index in [0.29, 0.717) is 23.2 Å². The van der Waals surface area contributed by atoms with E-state index in [1.807, 2.05) is 6.92 Å². The van der Waals surface area contributed by atoms with Gasteiger partial charge in [0.05, 0.1) is 0 Å². The van der Waals surface area contributed by atoms with Gasteiger partial charge in [-0.15, -0.1) is 0 Å². The maximum atomic E-state index is 12.9. The highest BCUT2D eigenvalue weighted by molar-refractivity contribution is 6.31. The Balaban J connectivity index is 1.69. The highest BCUT2D eigenvalue weighted by atomic mass is 35.5. The number of rotatable bonds is 5. The van der Waals surface area contributed by atoms with E-state index in [4.69, 9.17) is 11.6 Å². The molecule has 0 saturated carbocycles. The summed E-state index contributed by atoms with van der Waals surface area (Å²) in [6.45, 7) is 2.24. The van der Waals surface area contributed by atoms with Crippen LogP contribution >= 0.6 is 11.6 Å². The van der Waals surface area contributed by atoms with E-state index >= 15 is 0 Å². The Bertz CT molecular complexity index is 931. The zero-order valence-corrected chi connectivity index (χ0v) is 14.7. The lowest BCUT2D eigenvalue weighted by atomic mass is 10.2. The number of hydrogen-bond acceptors (Lipinski definition) is 4. The number of hydrogen-bond donors (Lipinski definition) is 2. The van der Waals surface area contributed by atoms with Crippen molar-refractivity contribution in [3.8, 4) is 0 Å². The summed E-state index contributed by atoms with van der Waals surface area (Å²) in [5, 5.41) is 6.38. The molecule has 5 nitrogen and oxygen atoms in total. The molecule has 0 bridgehead atoms. The van der Waals surface area contributed by atoms with E-state index in [1.54, 1.807) is 30.3 Å². The fourth-order valence-corrected chi connectivity index (χ4v) is 2.46. The Morgan fingerprint density at radius 1 is 1.15 bits per heavy atom. The molecule has 0 aliphatic rings. The molecule has 7 heteroatoms. The Morgan fingerprint density at radius 3 is 2.69 bits per heavy atom. The molecule has 0 atom stereocenters. The quantitative estimate of drug-likeness (QED) is 0.696. The highest BCUT2D eigenvalue weighted by Crippen LogP contribution is 2.23. The van der Waals surface area contributed by atoms with Gasteiger partial charge in [0.25, 0.3) is 5.91 Å². The molecule has 2 aromatic carbocycles. The molecule has 0 saturated heterocycles. The fraction of sp³-hybridized carbons (Fsp3) is 0.105. The van der Waals surface area contributed by atoms with Crippen molar-refractivity contribution < 1.29 is 9.18 Å². The van der Waals surface area contributed by atoms with Crippen LogP contribution in [0.5, 0.6) is 0 Å². The molecule has 0 unspecified atom stereocenters. The molecule has 132 valence electrons. The lowest BCUT2D eigenvalue weighted by Gasteiger charge is -2.10. The van der Waals surface area contributed by atoms with Crippen LogP contribution in [0.4, 0.5) is 16.0 Å². The van der Waals surface area contributed by atoms with Gasteiger partial charge in [-0.25, -0.2) is 14.4 Å². The second kappa shape index (κ2) is 7.93. The van der Waals surface area contributed by atoms with Crippen LogP contribution in [0.25, 0.3) is 0 Å². The normalized spacial score (nSPS) is 10.4.